The first-order chi connectivity index (χ1) is 13.1. The third kappa shape index (κ3) is 3.38. The first kappa shape index (κ1) is 18.5. The van der Waals surface area contributed by atoms with E-state index in [1.807, 2.05) is 18.3 Å². The second-order valence-electron chi connectivity index (χ2n) is 6.86. The minimum Gasteiger partial charge on any atom is -0.354 e. The molecular formula is C22H21BrClN3. The van der Waals surface area contributed by atoms with Gasteiger partial charge in [-0.05, 0) is 74.2 Å². The zero-order chi connectivity index (χ0) is 19.0. The third-order valence-electron chi connectivity index (χ3n) is 5.04. The molecule has 3 N–H and O–H groups in total. The van der Waals surface area contributed by atoms with E-state index in [0.29, 0.717) is 6.54 Å². The van der Waals surface area contributed by atoms with E-state index in [4.69, 9.17) is 17.3 Å². The van der Waals surface area contributed by atoms with E-state index in [0.717, 1.165) is 62.0 Å². The number of hydrogen-bond acceptors (Lipinski definition) is 2. The number of fused-ring (bicyclic) bond motifs is 2. The smallest absolute Gasteiger partial charge is 0.0806 e. The maximum Gasteiger partial charge on any atom is 0.0806 e. The van der Waals surface area contributed by atoms with E-state index < -0.39 is 0 Å². The van der Waals surface area contributed by atoms with Crippen molar-refractivity contribution in [1.82, 2.24) is 9.97 Å². The van der Waals surface area contributed by atoms with E-state index >= 15 is 0 Å². The lowest BCUT2D eigenvalue weighted by atomic mass is 9.98. The van der Waals surface area contributed by atoms with Crippen LogP contribution in [0.15, 0.2) is 47.1 Å². The molecule has 5 heteroatoms. The third-order valence-corrected chi connectivity index (χ3v) is 5.95. The number of pyridine rings is 1. The molecule has 2 aromatic carbocycles. The molecular weight excluding hydrogens is 422 g/mol. The van der Waals surface area contributed by atoms with Crippen molar-refractivity contribution in [2.45, 2.75) is 26.2 Å². The molecule has 0 fully saturated rings. The van der Waals surface area contributed by atoms with Crippen LogP contribution in [0.2, 0.25) is 5.02 Å². The fraction of sp³-hybridized carbons (Fsp3) is 0.227. The zero-order valence-electron chi connectivity index (χ0n) is 15.2. The molecule has 0 atom stereocenters. The number of benzene rings is 2. The average molecular weight is 443 g/mol. The molecule has 4 aromatic rings. The Bertz CT molecular complexity index is 1130. The molecule has 0 unspecified atom stereocenters. The highest BCUT2D eigenvalue weighted by molar-refractivity contribution is 9.10. The number of hydrogen-bond donors (Lipinski definition) is 2. The van der Waals surface area contributed by atoms with Gasteiger partial charge in [0.2, 0.25) is 0 Å². The Morgan fingerprint density at radius 2 is 2.00 bits per heavy atom. The summed E-state index contributed by atoms with van der Waals surface area (Å²) in [4.78, 5) is 8.34. The van der Waals surface area contributed by atoms with Crippen LogP contribution in [0.3, 0.4) is 0 Å². The van der Waals surface area contributed by atoms with Crippen molar-refractivity contribution in [3.63, 3.8) is 0 Å². The Hall–Kier alpha value is -1.88. The summed E-state index contributed by atoms with van der Waals surface area (Å²) < 4.78 is 1.05. The van der Waals surface area contributed by atoms with Gasteiger partial charge in [0.05, 0.1) is 11.2 Å². The fourth-order valence-corrected chi connectivity index (χ4v) is 4.48. The maximum atomic E-state index is 6.38. The number of rotatable bonds is 5. The van der Waals surface area contributed by atoms with E-state index in [-0.39, 0.29) is 0 Å². The van der Waals surface area contributed by atoms with Crippen molar-refractivity contribution >= 4 is 49.3 Å². The SMILES string of the molecule is Cc1cc(Cl)cc2c(CCCCN)c(-c3ccc(Br)c4cccnc34)[nH]c12. The van der Waals surface area contributed by atoms with Gasteiger partial charge in [0.1, 0.15) is 0 Å². The Morgan fingerprint density at radius 3 is 2.81 bits per heavy atom. The van der Waals surface area contributed by atoms with Crippen molar-refractivity contribution in [3.05, 3.63) is 63.2 Å². The van der Waals surface area contributed by atoms with Crippen molar-refractivity contribution in [2.24, 2.45) is 5.73 Å². The summed E-state index contributed by atoms with van der Waals surface area (Å²) >= 11 is 10.0. The predicted molar refractivity (Wildman–Crippen MR) is 118 cm³/mol. The quantitative estimate of drug-likeness (QED) is 0.352. The fourth-order valence-electron chi connectivity index (χ4n) is 3.76. The lowest BCUT2D eigenvalue weighted by molar-refractivity contribution is 0.748. The molecule has 3 nitrogen and oxygen atoms in total. The summed E-state index contributed by atoms with van der Waals surface area (Å²) in [6, 6.07) is 12.4. The normalized spacial score (nSPS) is 11.6. The zero-order valence-corrected chi connectivity index (χ0v) is 17.5. The first-order valence-electron chi connectivity index (χ1n) is 9.14. The Morgan fingerprint density at radius 1 is 1.15 bits per heavy atom. The molecule has 2 heterocycles. The molecule has 27 heavy (non-hydrogen) atoms. The molecule has 138 valence electrons. The van der Waals surface area contributed by atoms with Crippen LogP contribution in [0.25, 0.3) is 33.1 Å². The minimum absolute atomic E-state index is 0.709. The molecule has 0 aliphatic rings. The minimum atomic E-state index is 0.709. The van der Waals surface area contributed by atoms with Gasteiger partial charge in [0.25, 0.3) is 0 Å². The number of halogens is 2. The average Bonchev–Trinajstić information content (AvgIpc) is 3.01. The standard InChI is InChI=1S/C22H21BrClN3/c1-13-11-14(24)12-18-15(5-2-3-9-25)22(27-20(13)18)17-7-8-19(23)16-6-4-10-26-21(16)17/h4,6-8,10-12,27H,2-3,5,9,25H2,1H3. The summed E-state index contributed by atoms with van der Waals surface area (Å²) in [7, 11) is 0. The highest BCUT2D eigenvalue weighted by Crippen LogP contribution is 2.38. The molecule has 0 amide bonds. The van der Waals surface area contributed by atoms with E-state index in [2.05, 4.69) is 57.1 Å². The molecule has 0 aliphatic heterocycles. The number of nitrogens with one attached hydrogen (secondary N) is 1. The Labute approximate surface area is 172 Å². The van der Waals surface area contributed by atoms with Gasteiger partial charge < -0.3 is 10.7 Å². The summed E-state index contributed by atoms with van der Waals surface area (Å²) in [6.45, 7) is 2.80. The van der Waals surface area contributed by atoms with Gasteiger partial charge in [-0.25, -0.2) is 0 Å². The number of nitrogens with two attached hydrogens (primary N) is 1. The van der Waals surface area contributed by atoms with E-state index in [9.17, 15) is 0 Å². The maximum absolute atomic E-state index is 6.38. The van der Waals surface area contributed by atoms with Crippen LogP contribution < -0.4 is 5.73 Å². The van der Waals surface area contributed by atoms with Gasteiger partial charge in [0.15, 0.2) is 0 Å². The number of aromatic amines is 1. The van der Waals surface area contributed by atoms with Crippen LogP contribution in [-0.4, -0.2) is 16.5 Å². The number of nitrogens with zero attached hydrogens (tertiary/aromatic N) is 1. The van der Waals surface area contributed by atoms with Gasteiger partial charge in [-0.1, -0.05) is 33.6 Å². The van der Waals surface area contributed by atoms with Crippen LogP contribution in [0.5, 0.6) is 0 Å². The number of aryl methyl sites for hydroxylation is 2. The molecule has 2 aromatic heterocycles. The van der Waals surface area contributed by atoms with Crippen molar-refractivity contribution in [1.29, 1.82) is 0 Å². The molecule has 0 saturated carbocycles. The van der Waals surface area contributed by atoms with Crippen LogP contribution in [0.4, 0.5) is 0 Å². The number of aromatic nitrogens is 2. The largest absolute Gasteiger partial charge is 0.354 e. The van der Waals surface area contributed by atoms with E-state index in [1.54, 1.807) is 0 Å². The Balaban J connectivity index is 2.00. The number of unbranched alkanes of at least 4 members (excludes halogenated alkanes) is 1. The number of H-pyrrole nitrogens is 1. The van der Waals surface area contributed by atoms with Crippen LogP contribution in [-0.2, 0) is 6.42 Å². The monoisotopic (exact) mass is 441 g/mol. The summed E-state index contributed by atoms with van der Waals surface area (Å²) in [5.74, 6) is 0. The highest BCUT2D eigenvalue weighted by atomic mass is 79.9. The first-order valence-corrected chi connectivity index (χ1v) is 10.3. The van der Waals surface area contributed by atoms with Gasteiger partial charge in [-0.3, -0.25) is 4.98 Å². The lowest BCUT2D eigenvalue weighted by Crippen LogP contribution is -1.99. The van der Waals surface area contributed by atoms with Crippen LogP contribution >= 0.6 is 27.5 Å². The lowest BCUT2D eigenvalue weighted by Gasteiger charge is -2.09. The second-order valence-corrected chi connectivity index (χ2v) is 8.15. The highest BCUT2D eigenvalue weighted by Gasteiger charge is 2.18. The predicted octanol–water partition coefficient (Wildman–Crippen LogP) is 6.39. The molecule has 0 saturated heterocycles. The van der Waals surface area contributed by atoms with Crippen molar-refractivity contribution in [3.8, 4) is 11.3 Å². The second kappa shape index (κ2) is 7.63. The van der Waals surface area contributed by atoms with Gasteiger partial charge >= 0.3 is 0 Å². The van der Waals surface area contributed by atoms with E-state index in [1.165, 1.54) is 10.9 Å². The van der Waals surface area contributed by atoms with Gasteiger partial charge in [0, 0.05) is 37.5 Å². The van der Waals surface area contributed by atoms with Crippen LogP contribution in [0, 0.1) is 6.92 Å². The molecule has 4 rings (SSSR count). The van der Waals surface area contributed by atoms with Gasteiger partial charge in [-0.2, -0.15) is 0 Å². The molecule has 0 bridgehead atoms. The van der Waals surface area contributed by atoms with Gasteiger partial charge in [-0.15, -0.1) is 0 Å². The summed E-state index contributed by atoms with van der Waals surface area (Å²) in [6.07, 6.45) is 4.85. The topological polar surface area (TPSA) is 54.7 Å². The molecule has 0 aliphatic carbocycles. The summed E-state index contributed by atoms with van der Waals surface area (Å²) in [5.41, 5.74) is 12.5. The van der Waals surface area contributed by atoms with Crippen LogP contribution in [0.1, 0.15) is 24.0 Å². The van der Waals surface area contributed by atoms with Crippen molar-refractivity contribution < 1.29 is 0 Å². The Kier molecular flexibility index (Phi) is 5.22. The summed E-state index contributed by atoms with van der Waals surface area (Å²) in [5, 5.41) is 3.07. The molecule has 0 radical (unpaired) electrons. The molecule has 0 spiro atoms. The van der Waals surface area contributed by atoms with Crippen molar-refractivity contribution in [2.75, 3.05) is 6.54 Å².